The second kappa shape index (κ2) is 3.16. The number of anilines is 1. The summed E-state index contributed by atoms with van der Waals surface area (Å²) in [6.45, 7) is 0. The van der Waals surface area contributed by atoms with Crippen LogP contribution in [0.2, 0.25) is 0 Å². The van der Waals surface area contributed by atoms with E-state index in [0.29, 0.717) is 15.9 Å². The normalized spacial score (nSPS) is 10.7. The number of fused-ring (bicyclic) bond motifs is 1. The Balaban J connectivity index is 2.69. The summed E-state index contributed by atoms with van der Waals surface area (Å²) in [6.07, 6.45) is 0. The lowest BCUT2D eigenvalue weighted by atomic mass is 9.80. The Hall–Kier alpha value is -1.24. The van der Waals surface area contributed by atoms with Crippen LogP contribution in [0.4, 0.5) is 5.00 Å². The van der Waals surface area contributed by atoms with Crippen molar-refractivity contribution in [2.24, 2.45) is 0 Å². The molecule has 0 saturated heterocycles. The van der Waals surface area contributed by atoms with Crippen molar-refractivity contribution in [1.82, 2.24) is 0 Å². The average molecular weight is 209 g/mol. The van der Waals surface area contributed by atoms with E-state index in [2.05, 4.69) is 0 Å². The zero-order valence-electron chi connectivity index (χ0n) is 7.14. The number of benzene rings is 1. The van der Waals surface area contributed by atoms with Gasteiger partial charge in [0.05, 0.1) is 0 Å². The van der Waals surface area contributed by atoms with Crippen LogP contribution >= 0.6 is 11.3 Å². The van der Waals surface area contributed by atoms with Crippen LogP contribution < -0.4 is 11.2 Å². The quantitative estimate of drug-likeness (QED) is 0.492. The molecule has 0 atom stereocenters. The molecule has 2 aromatic rings. The maximum Gasteiger partial charge on any atom is 0.488 e. The minimum Gasteiger partial charge on any atom is -0.504 e. The molecule has 0 radical (unpaired) electrons. The van der Waals surface area contributed by atoms with Gasteiger partial charge in [0, 0.05) is 10.1 Å². The van der Waals surface area contributed by atoms with Gasteiger partial charge in [-0.1, -0.05) is 6.07 Å². The fourth-order valence-electron chi connectivity index (χ4n) is 1.28. The van der Waals surface area contributed by atoms with Gasteiger partial charge in [-0.3, -0.25) is 0 Å². The molecule has 72 valence electrons. The zero-order chi connectivity index (χ0) is 10.3. The summed E-state index contributed by atoms with van der Waals surface area (Å²) in [5.74, 6) is 0.00694. The molecule has 4 nitrogen and oxygen atoms in total. The first kappa shape index (κ1) is 9.33. The fraction of sp³-hybridized carbons (Fsp3) is 0. The van der Waals surface area contributed by atoms with E-state index in [1.807, 2.05) is 0 Å². The molecule has 0 fully saturated rings. The topological polar surface area (TPSA) is 86.7 Å². The van der Waals surface area contributed by atoms with Gasteiger partial charge < -0.3 is 20.9 Å². The molecule has 0 aliphatic rings. The molecule has 0 aliphatic heterocycles. The molecule has 1 aromatic carbocycles. The maximum absolute atomic E-state index is 9.53. The molecule has 2 rings (SSSR count). The molecule has 0 amide bonds. The van der Waals surface area contributed by atoms with Gasteiger partial charge in [-0.15, -0.1) is 11.3 Å². The van der Waals surface area contributed by atoms with Crippen LogP contribution in [0, 0.1) is 0 Å². The molecular weight excluding hydrogens is 201 g/mol. The van der Waals surface area contributed by atoms with Crippen molar-refractivity contribution in [3.63, 3.8) is 0 Å². The van der Waals surface area contributed by atoms with Crippen LogP contribution in [0.5, 0.6) is 5.75 Å². The van der Waals surface area contributed by atoms with Crippen molar-refractivity contribution < 1.29 is 15.2 Å². The summed E-state index contributed by atoms with van der Waals surface area (Å²) in [5, 5.41) is 28.3. The van der Waals surface area contributed by atoms with E-state index in [-0.39, 0.29) is 5.75 Å². The van der Waals surface area contributed by atoms with Gasteiger partial charge in [0.15, 0.2) is 5.75 Å². The van der Waals surface area contributed by atoms with Gasteiger partial charge in [-0.25, -0.2) is 0 Å². The van der Waals surface area contributed by atoms with Gasteiger partial charge in [0.1, 0.15) is 5.00 Å². The number of nitrogens with two attached hydrogens (primary N) is 1. The molecular formula is C8H8BNO3S. The van der Waals surface area contributed by atoms with Crippen molar-refractivity contribution in [3.8, 4) is 5.75 Å². The van der Waals surface area contributed by atoms with Gasteiger partial charge in [-0.2, -0.15) is 0 Å². The van der Waals surface area contributed by atoms with Crippen molar-refractivity contribution in [1.29, 1.82) is 0 Å². The Morgan fingerprint density at radius 2 is 2.00 bits per heavy atom. The van der Waals surface area contributed by atoms with Crippen LogP contribution in [0.15, 0.2) is 18.2 Å². The van der Waals surface area contributed by atoms with Crippen LogP contribution in [-0.4, -0.2) is 22.3 Å². The van der Waals surface area contributed by atoms with E-state index in [9.17, 15) is 5.11 Å². The van der Waals surface area contributed by atoms with Crippen molar-refractivity contribution in [2.45, 2.75) is 0 Å². The van der Waals surface area contributed by atoms with Crippen molar-refractivity contribution in [3.05, 3.63) is 18.2 Å². The standard InChI is InChI=1S/C8H8BNO3S/c10-8-7(11)5-3-4(9(12)13)1-2-6(5)14-8/h1-3,11-13H,10H2. The zero-order valence-corrected chi connectivity index (χ0v) is 7.95. The number of nitrogen functional groups attached to an aromatic ring is 1. The monoisotopic (exact) mass is 209 g/mol. The highest BCUT2D eigenvalue weighted by Crippen LogP contribution is 2.38. The summed E-state index contributed by atoms with van der Waals surface area (Å²) in [7, 11) is -1.53. The van der Waals surface area contributed by atoms with Crippen molar-refractivity contribution >= 4 is 39.0 Å². The highest BCUT2D eigenvalue weighted by molar-refractivity contribution is 7.23. The van der Waals surface area contributed by atoms with Gasteiger partial charge >= 0.3 is 7.12 Å². The molecule has 6 heteroatoms. The Bertz CT molecular complexity index is 483. The Kier molecular flexibility index (Phi) is 2.11. The predicted molar refractivity (Wildman–Crippen MR) is 57.7 cm³/mol. The summed E-state index contributed by atoms with van der Waals surface area (Å²) >= 11 is 1.26. The number of hydrogen-bond acceptors (Lipinski definition) is 5. The Labute approximate surface area is 84.4 Å². The average Bonchev–Trinajstić information content (AvgIpc) is 2.43. The van der Waals surface area contributed by atoms with E-state index in [1.165, 1.54) is 17.4 Å². The third-order valence-electron chi connectivity index (χ3n) is 2.01. The van der Waals surface area contributed by atoms with Crippen LogP contribution in [0.1, 0.15) is 0 Å². The molecule has 0 aliphatic carbocycles. The first-order chi connectivity index (χ1) is 6.59. The second-order valence-corrected chi connectivity index (χ2v) is 4.03. The summed E-state index contributed by atoms with van der Waals surface area (Å²) in [4.78, 5) is 0. The lowest BCUT2D eigenvalue weighted by Crippen LogP contribution is -2.29. The van der Waals surface area contributed by atoms with Crippen LogP contribution in [0.25, 0.3) is 10.1 Å². The second-order valence-electron chi connectivity index (χ2n) is 2.94. The Morgan fingerprint density at radius 1 is 1.29 bits per heavy atom. The Morgan fingerprint density at radius 3 is 2.64 bits per heavy atom. The minimum absolute atomic E-state index is 0.00694. The highest BCUT2D eigenvalue weighted by Gasteiger charge is 2.14. The lowest BCUT2D eigenvalue weighted by Gasteiger charge is -1.98. The maximum atomic E-state index is 9.53. The highest BCUT2D eigenvalue weighted by atomic mass is 32.1. The van der Waals surface area contributed by atoms with E-state index in [0.717, 1.165) is 4.70 Å². The van der Waals surface area contributed by atoms with E-state index in [1.54, 1.807) is 12.1 Å². The molecule has 1 heterocycles. The van der Waals surface area contributed by atoms with E-state index >= 15 is 0 Å². The smallest absolute Gasteiger partial charge is 0.488 e. The van der Waals surface area contributed by atoms with Crippen molar-refractivity contribution in [2.75, 3.05) is 5.73 Å². The van der Waals surface area contributed by atoms with Gasteiger partial charge in [0.25, 0.3) is 0 Å². The fourth-order valence-corrected chi connectivity index (χ4v) is 2.13. The molecule has 0 unspecified atom stereocenters. The number of thiophene rings is 1. The molecule has 14 heavy (non-hydrogen) atoms. The minimum atomic E-state index is -1.53. The van der Waals surface area contributed by atoms with Crippen LogP contribution in [-0.2, 0) is 0 Å². The first-order valence-corrected chi connectivity index (χ1v) is 4.78. The number of aromatic hydroxyl groups is 1. The largest absolute Gasteiger partial charge is 0.504 e. The van der Waals surface area contributed by atoms with E-state index < -0.39 is 7.12 Å². The van der Waals surface area contributed by atoms with E-state index in [4.69, 9.17) is 15.8 Å². The summed E-state index contributed by atoms with van der Waals surface area (Å²) in [5.41, 5.74) is 5.86. The molecule has 5 N–H and O–H groups in total. The van der Waals surface area contributed by atoms with Gasteiger partial charge in [-0.05, 0) is 17.6 Å². The number of rotatable bonds is 1. The summed E-state index contributed by atoms with van der Waals surface area (Å²) in [6, 6.07) is 4.80. The number of hydrogen-bond donors (Lipinski definition) is 4. The SMILES string of the molecule is Nc1sc2ccc(B(O)O)cc2c1O. The third-order valence-corrected chi connectivity index (χ3v) is 3.00. The van der Waals surface area contributed by atoms with Crippen LogP contribution in [0.3, 0.4) is 0 Å². The molecule has 0 spiro atoms. The predicted octanol–water partition coefficient (Wildman–Crippen LogP) is -0.131. The first-order valence-electron chi connectivity index (χ1n) is 3.96. The summed E-state index contributed by atoms with van der Waals surface area (Å²) < 4.78 is 0.824. The lowest BCUT2D eigenvalue weighted by molar-refractivity contribution is 0.426. The molecule has 1 aromatic heterocycles. The third kappa shape index (κ3) is 1.33. The van der Waals surface area contributed by atoms with Gasteiger partial charge in [0.2, 0.25) is 0 Å². The molecule has 0 bridgehead atoms. The molecule has 0 saturated carbocycles.